The Morgan fingerprint density at radius 2 is 1.34 bits per heavy atom. The molecule has 0 bridgehead atoms. The first kappa shape index (κ1) is 20.8. The summed E-state index contributed by atoms with van der Waals surface area (Å²) in [5.74, 6) is 1.18. The van der Waals surface area contributed by atoms with E-state index in [0.717, 1.165) is 61.4 Å². The molecule has 1 heterocycles. The van der Waals surface area contributed by atoms with Crippen molar-refractivity contribution in [2.45, 2.75) is 57.8 Å². The lowest BCUT2D eigenvalue weighted by molar-refractivity contribution is -0.137. The summed E-state index contributed by atoms with van der Waals surface area (Å²) in [6.45, 7) is 0. The minimum atomic E-state index is -0.692. The smallest absolute Gasteiger partial charge is 0.303 e. The molecule has 0 aliphatic carbocycles. The molecule has 0 atom stereocenters. The standard InChI is InChI=1S/C24H29N3O2/c28-23(29)19-13-5-3-1-2-4-12-18-22-25-26-24(20-14-8-6-9-15-20)27(22)21-16-10-7-11-17-21/h6-11,14-17H,1-5,12-13,18-19H2,(H,28,29). The lowest BCUT2D eigenvalue weighted by Crippen LogP contribution is -2.03. The van der Waals surface area contributed by atoms with E-state index in [9.17, 15) is 4.79 Å². The van der Waals surface area contributed by atoms with Crippen molar-refractivity contribution < 1.29 is 9.90 Å². The fourth-order valence-electron chi connectivity index (χ4n) is 3.54. The summed E-state index contributed by atoms with van der Waals surface area (Å²) >= 11 is 0. The van der Waals surface area contributed by atoms with Gasteiger partial charge in [-0.15, -0.1) is 10.2 Å². The van der Waals surface area contributed by atoms with Gasteiger partial charge >= 0.3 is 5.97 Å². The molecule has 5 heteroatoms. The number of carbonyl (C=O) groups is 1. The van der Waals surface area contributed by atoms with E-state index in [-0.39, 0.29) is 0 Å². The Hall–Kier alpha value is -2.95. The number of aryl methyl sites for hydroxylation is 1. The van der Waals surface area contributed by atoms with E-state index in [4.69, 9.17) is 5.11 Å². The molecule has 0 fully saturated rings. The number of carboxylic acid groups (broad SMARTS) is 1. The van der Waals surface area contributed by atoms with E-state index >= 15 is 0 Å². The second-order valence-corrected chi connectivity index (χ2v) is 7.35. The maximum atomic E-state index is 10.5. The highest BCUT2D eigenvalue weighted by Crippen LogP contribution is 2.23. The topological polar surface area (TPSA) is 68.0 Å². The molecule has 0 aliphatic heterocycles. The number of aliphatic carboxylic acids is 1. The quantitative estimate of drug-likeness (QED) is 0.403. The van der Waals surface area contributed by atoms with E-state index in [1.807, 2.05) is 36.4 Å². The first-order valence-corrected chi connectivity index (χ1v) is 10.5. The Labute approximate surface area is 172 Å². The molecule has 5 nitrogen and oxygen atoms in total. The number of aromatic nitrogens is 3. The summed E-state index contributed by atoms with van der Waals surface area (Å²) in [6, 6.07) is 20.5. The average molecular weight is 392 g/mol. The van der Waals surface area contributed by atoms with Crippen LogP contribution in [0.4, 0.5) is 0 Å². The molecule has 1 N–H and O–H groups in total. The highest BCUT2D eigenvalue weighted by Gasteiger charge is 2.14. The summed E-state index contributed by atoms with van der Waals surface area (Å²) < 4.78 is 2.17. The number of para-hydroxylation sites is 1. The molecule has 3 aromatic rings. The molecular formula is C24H29N3O2. The van der Waals surface area contributed by atoms with Crippen molar-refractivity contribution in [3.05, 3.63) is 66.5 Å². The van der Waals surface area contributed by atoms with Crippen LogP contribution < -0.4 is 0 Å². The van der Waals surface area contributed by atoms with Crippen molar-refractivity contribution >= 4 is 5.97 Å². The number of nitrogens with zero attached hydrogens (tertiary/aromatic N) is 3. The maximum Gasteiger partial charge on any atom is 0.303 e. The maximum absolute atomic E-state index is 10.5. The second kappa shape index (κ2) is 11.1. The highest BCUT2D eigenvalue weighted by molar-refractivity contribution is 5.66. The summed E-state index contributed by atoms with van der Waals surface area (Å²) in [5.41, 5.74) is 2.15. The number of carboxylic acids is 1. The van der Waals surface area contributed by atoms with Gasteiger partial charge in [0.05, 0.1) is 0 Å². The normalized spacial score (nSPS) is 10.9. The molecule has 0 radical (unpaired) electrons. The van der Waals surface area contributed by atoms with Gasteiger partial charge in [-0.05, 0) is 25.0 Å². The average Bonchev–Trinajstić information content (AvgIpc) is 3.17. The lowest BCUT2D eigenvalue weighted by atomic mass is 10.1. The Balaban J connectivity index is 1.56. The number of hydrogen-bond acceptors (Lipinski definition) is 3. The van der Waals surface area contributed by atoms with Crippen molar-refractivity contribution in [1.82, 2.24) is 14.8 Å². The van der Waals surface area contributed by atoms with Crippen LogP contribution >= 0.6 is 0 Å². The van der Waals surface area contributed by atoms with Crippen molar-refractivity contribution in [2.24, 2.45) is 0 Å². The van der Waals surface area contributed by atoms with Crippen LogP contribution in [0.3, 0.4) is 0 Å². The Morgan fingerprint density at radius 1 is 0.759 bits per heavy atom. The van der Waals surface area contributed by atoms with Gasteiger partial charge in [-0.1, -0.05) is 80.6 Å². The SMILES string of the molecule is O=C(O)CCCCCCCCCc1nnc(-c2ccccc2)n1-c1ccccc1. The van der Waals surface area contributed by atoms with E-state index in [2.05, 4.69) is 39.0 Å². The fraction of sp³-hybridized carbons (Fsp3) is 0.375. The van der Waals surface area contributed by atoms with E-state index in [0.29, 0.717) is 6.42 Å². The third-order valence-corrected chi connectivity index (χ3v) is 5.07. The first-order valence-electron chi connectivity index (χ1n) is 10.5. The van der Waals surface area contributed by atoms with Crippen molar-refractivity contribution in [3.63, 3.8) is 0 Å². The van der Waals surface area contributed by atoms with Gasteiger partial charge in [-0.2, -0.15) is 0 Å². The van der Waals surface area contributed by atoms with Crippen molar-refractivity contribution in [3.8, 4) is 17.1 Å². The zero-order chi connectivity index (χ0) is 20.3. The Bertz CT molecular complexity index is 876. The number of benzene rings is 2. The molecule has 152 valence electrons. The van der Waals surface area contributed by atoms with Crippen LogP contribution in [0.5, 0.6) is 0 Å². The molecular weight excluding hydrogens is 362 g/mol. The summed E-state index contributed by atoms with van der Waals surface area (Å²) in [4.78, 5) is 10.5. The van der Waals surface area contributed by atoms with Crippen LogP contribution in [-0.4, -0.2) is 25.8 Å². The molecule has 0 spiro atoms. The summed E-state index contributed by atoms with van der Waals surface area (Å²) in [7, 11) is 0. The van der Waals surface area contributed by atoms with Crippen molar-refractivity contribution in [2.75, 3.05) is 0 Å². The van der Waals surface area contributed by atoms with Crippen LogP contribution in [0, 0.1) is 0 Å². The van der Waals surface area contributed by atoms with Gasteiger partial charge in [0, 0.05) is 24.1 Å². The van der Waals surface area contributed by atoms with Gasteiger partial charge in [0.1, 0.15) is 5.82 Å². The molecule has 0 saturated heterocycles. The van der Waals surface area contributed by atoms with Gasteiger partial charge in [0.2, 0.25) is 0 Å². The zero-order valence-corrected chi connectivity index (χ0v) is 16.8. The number of rotatable bonds is 12. The molecule has 0 saturated carbocycles. The van der Waals surface area contributed by atoms with Gasteiger partial charge < -0.3 is 5.11 Å². The molecule has 0 aliphatic rings. The zero-order valence-electron chi connectivity index (χ0n) is 16.8. The van der Waals surface area contributed by atoms with E-state index < -0.39 is 5.97 Å². The van der Waals surface area contributed by atoms with Gasteiger partial charge in [0.25, 0.3) is 0 Å². The van der Waals surface area contributed by atoms with Crippen LogP contribution in [0.25, 0.3) is 17.1 Å². The van der Waals surface area contributed by atoms with Gasteiger partial charge in [-0.25, -0.2) is 0 Å². The molecule has 0 amide bonds. The van der Waals surface area contributed by atoms with Crippen LogP contribution in [0.15, 0.2) is 60.7 Å². The minimum Gasteiger partial charge on any atom is -0.481 e. The number of hydrogen-bond donors (Lipinski definition) is 1. The third-order valence-electron chi connectivity index (χ3n) is 5.07. The van der Waals surface area contributed by atoms with E-state index in [1.54, 1.807) is 0 Å². The van der Waals surface area contributed by atoms with Crippen LogP contribution in [0.2, 0.25) is 0 Å². The summed E-state index contributed by atoms with van der Waals surface area (Å²) in [6.07, 6.45) is 8.68. The Kier molecular flexibility index (Phi) is 7.99. The molecule has 0 unspecified atom stereocenters. The highest BCUT2D eigenvalue weighted by atomic mass is 16.4. The molecule has 3 rings (SSSR count). The first-order chi connectivity index (χ1) is 14.3. The predicted octanol–water partition coefficient (Wildman–Crippen LogP) is 5.68. The Morgan fingerprint density at radius 3 is 2.00 bits per heavy atom. The monoisotopic (exact) mass is 391 g/mol. The van der Waals surface area contributed by atoms with E-state index in [1.165, 1.54) is 12.8 Å². The third kappa shape index (κ3) is 6.28. The second-order valence-electron chi connectivity index (χ2n) is 7.35. The number of unbranched alkanes of at least 4 members (excludes halogenated alkanes) is 6. The van der Waals surface area contributed by atoms with Crippen LogP contribution in [-0.2, 0) is 11.2 Å². The molecule has 29 heavy (non-hydrogen) atoms. The molecule has 1 aromatic heterocycles. The largest absolute Gasteiger partial charge is 0.481 e. The predicted molar refractivity (Wildman–Crippen MR) is 115 cm³/mol. The fourth-order valence-corrected chi connectivity index (χ4v) is 3.54. The lowest BCUT2D eigenvalue weighted by Gasteiger charge is -2.10. The van der Waals surface area contributed by atoms with Gasteiger partial charge in [-0.3, -0.25) is 9.36 Å². The van der Waals surface area contributed by atoms with Crippen molar-refractivity contribution in [1.29, 1.82) is 0 Å². The van der Waals surface area contributed by atoms with Crippen LogP contribution in [0.1, 0.15) is 57.2 Å². The molecule has 2 aromatic carbocycles. The minimum absolute atomic E-state index is 0.291. The summed E-state index contributed by atoms with van der Waals surface area (Å²) in [5, 5.41) is 17.7. The van der Waals surface area contributed by atoms with Gasteiger partial charge in [0.15, 0.2) is 5.82 Å².